The minimum atomic E-state index is -3.87. The SMILES string of the molecule is Cc1ccc(S(=O)(=O)[N-]C(c2ccccc2)C([NH-])c2ccccc2)cc1.[CH3-].[Ru+3].c1ccncc1. The van der Waals surface area contributed by atoms with Crippen LogP contribution in [0.1, 0.15) is 28.8 Å². The summed E-state index contributed by atoms with van der Waals surface area (Å²) < 4.78 is 29.8. The maximum atomic E-state index is 12.8. The Kier molecular flexibility index (Phi) is 12.5. The van der Waals surface area contributed by atoms with Gasteiger partial charge in [-0.05, 0) is 31.2 Å². The normalized spacial score (nSPS) is 12.1. The van der Waals surface area contributed by atoms with Crippen LogP contribution in [0.25, 0.3) is 10.5 Å². The van der Waals surface area contributed by atoms with Crippen LogP contribution in [0.5, 0.6) is 0 Å². The molecule has 4 rings (SSSR count). The fourth-order valence-electron chi connectivity index (χ4n) is 3.04. The molecule has 0 spiro atoms. The van der Waals surface area contributed by atoms with Crippen LogP contribution in [0.2, 0.25) is 0 Å². The third-order valence-electron chi connectivity index (χ3n) is 4.75. The number of hydrogen-bond acceptors (Lipinski definition) is 3. The molecule has 7 heteroatoms. The first-order chi connectivity index (χ1) is 15.5. The van der Waals surface area contributed by atoms with Crippen LogP contribution in [0.4, 0.5) is 0 Å². The molecule has 0 bridgehead atoms. The Hall–Kier alpha value is -2.70. The Morgan fingerprint density at radius 3 is 1.65 bits per heavy atom. The predicted molar refractivity (Wildman–Crippen MR) is 135 cm³/mol. The number of benzene rings is 3. The second-order valence-electron chi connectivity index (χ2n) is 7.16. The first kappa shape index (κ1) is 29.3. The summed E-state index contributed by atoms with van der Waals surface area (Å²) in [6.45, 7) is 1.90. The average Bonchev–Trinajstić information content (AvgIpc) is 2.85. The summed E-state index contributed by atoms with van der Waals surface area (Å²) in [5.74, 6) is 0. The Labute approximate surface area is 216 Å². The monoisotopic (exact) mass is 560 g/mol. The van der Waals surface area contributed by atoms with Gasteiger partial charge in [0.15, 0.2) is 0 Å². The number of aromatic nitrogens is 1. The van der Waals surface area contributed by atoms with Crippen molar-refractivity contribution in [1.29, 1.82) is 0 Å². The van der Waals surface area contributed by atoms with E-state index in [1.54, 1.807) is 36.7 Å². The summed E-state index contributed by atoms with van der Waals surface area (Å²) in [6, 6.07) is 29.0. The predicted octanol–water partition coefficient (Wildman–Crippen LogP) is 7.12. The minimum Gasteiger partial charge on any atom is -0.672 e. The maximum Gasteiger partial charge on any atom is 3.00 e. The Bertz CT molecular complexity index is 1150. The minimum absolute atomic E-state index is 0. The number of nitrogens with zero attached hydrogens (tertiary/aromatic N) is 2. The van der Waals surface area contributed by atoms with Crippen molar-refractivity contribution in [1.82, 2.24) is 4.98 Å². The van der Waals surface area contributed by atoms with Crippen LogP contribution in [-0.2, 0) is 29.5 Å². The van der Waals surface area contributed by atoms with Crippen LogP contribution >= 0.6 is 0 Å². The molecule has 0 saturated heterocycles. The van der Waals surface area contributed by atoms with Gasteiger partial charge < -0.3 is 17.9 Å². The van der Waals surface area contributed by atoms with Gasteiger partial charge in [0.1, 0.15) is 10.0 Å². The van der Waals surface area contributed by atoms with Gasteiger partial charge in [-0.2, -0.15) is 0 Å². The largest absolute Gasteiger partial charge is 3.00 e. The van der Waals surface area contributed by atoms with Crippen molar-refractivity contribution in [3.05, 3.63) is 150 Å². The number of nitrogens with one attached hydrogen (secondary N) is 1. The number of aryl methyl sites for hydroxylation is 1. The molecular weight excluding hydrogens is 531 g/mol. The first-order valence-corrected chi connectivity index (χ1v) is 11.6. The molecule has 1 radical (unpaired) electrons. The Morgan fingerprint density at radius 1 is 0.735 bits per heavy atom. The number of pyridine rings is 1. The zero-order valence-electron chi connectivity index (χ0n) is 19.1. The van der Waals surface area contributed by atoms with Crippen molar-refractivity contribution >= 4 is 10.0 Å². The molecule has 1 heterocycles. The third kappa shape index (κ3) is 8.58. The molecule has 0 aliphatic rings. The van der Waals surface area contributed by atoms with E-state index < -0.39 is 22.1 Å². The molecule has 1 aromatic heterocycles. The fourth-order valence-corrected chi connectivity index (χ4v) is 4.18. The van der Waals surface area contributed by atoms with Gasteiger partial charge in [-0.15, -0.1) is 12.1 Å². The van der Waals surface area contributed by atoms with Crippen LogP contribution in [0, 0.1) is 14.4 Å². The van der Waals surface area contributed by atoms with E-state index in [2.05, 4.69) is 9.71 Å². The van der Waals surface area contributed by atoms with Gasteiger partial charge in [0, 0.05) is 17.3 Å². The standard InChI is InChI=1S/C21H20N2O2S.C5H5N.CH3.Ru/c1-16-12-14-19(15-13-16)26(24,25)23-21(18-10-6-3-7-11-18)20(22)17-8-4-2-5-9-17;1-2-4-6-5-3-1;;/h2-15,20-22H,1H3;1-5H;1H3;/q-2;;-1;+3. The fraction of sp³-hybridized carbons (Fsp3) is 0.111. The van der Waals surface area contributed by atoms with Gasteiger partial charge in [0.05, 0.1) is 0 Å². The van der Waals surface area contributed by atoms with E-state index in [9.17, 15) is 8.42 Å². The van der Waals surface area contributed by atoms with Gasteiger partial charge in [-0.1, -0.05) is 95.6 Å². The molecule has 0 saturated carbocycles. The smallest absolute Gasteiger partial charge is 0.672 e. The van der Waals surface area contributed by atoms with E-state index in [0.29, 0.717) is 5.56 Å². The van der Waals surface area contributed by atoms with Crippen molar-refractivity contribution in [2.75, 3.05) is 0 Å². The second-order valence-corrected chi connectivity index (χ2v) is 8.79. The molecule has 1 N–H and O–H groups in total. The van der Waals surface area contributed by atoms with Gasteiger partial charge in [0.2, 0.25) is 0 Å². The van der Waals surface area contributed by atoms with E-state index in [1.807, 2.05) is 85.8 Å². The summed E-state index contributed by atoms with van der Waals surface area (Å²) in [6.07, 6.45) is 3.50. The molecule has 2 atom stereocenters. The number of sulfonamides is 1. The summed E-state index contributed by atoms with van der Waals surface area (Å²) in [5, 5.41) is 0. The molecule has 5 nitrogen and oxygen atoms in total. The van der Waals surface area contributed by atoms with Gasteiger partial charge in [-0.3, -0.25) is 4.98 Å². The second kappa shape index (κ2) is 14.5. The van der Waals surface area contributed by atoms with Crippen LogP contribution in [0.3, 0.4) is 0 Å². The molecule has 34 heavy (non-hydrogen) atoms. The average molecular weight is 560 g/mol. The van der Waals surface area contributed by atoms with E-state index in [-0.39, 0.29) is 31.8 Å². The zero-order valence-corrected chi connectivity index (χ0v) is 21.7. The van der Waals surface area contributed by atoms with Crippen molar-refractivity contribution in [2.24, 2.45) is 0 Å². The van der Waals surface area contributed by atoms with Crippen molar-refractivity contribution in [3.63, 3.8) is 0 Å². The molecule has 0 aliphatic carbocycles. The summed E-state index contributed by atoms with van der Waals surface area (Å²) in [5.41, 5.74) is 11.0. The number of hydrogen-bond donors (Lipinski definition) is 0. The maximum absolute atomic E-state index is 12.8. The molecule has 0 aliphatic heterocycles. The summed E-state index contributed by atoms with van der Waals surface area (Å²) >= 11 is 0. The van der Waals surface area contributed by atoms with Gasteiger partial charge >= 0.3 is 19.5 Å². The first-order valence-electron chi connectivity index (χ1n) is 10.2. The van der Waals surface area contributed by atoms with Gasteiger partial charge in [0.25, 0.3) is 0 Å². The van der Waals surface area contributed by atoms with E-state index in [4.69, 9.17) is 5.73 Å². The van der Waals surface area contributed by atoms with Crippen molar-refractivity contribution in [2.45, 2.75) is 23.9 Å². The van der Waals surface area contributed by atoms with E-state index >= 15 is 0 Å². The van der Waals surface area contributed by atoms with Crippen LogP contribution < -0.4 is 0 Å². The van der Waals surface area contributed by atoms with E-state index in [1.165, 1.54) is 0 Å². The van der Waals surface area contributed by atoms with Crippen LogP contribution in [-0.4, -0.2) is 13.4 Å². The molecule has 177 valence electrons. The number of rotatable bonds is 6. The Morgan fingerprint density at radius 2 is 1.21 bits per heavy atom. The Balaban J connectivity index is 0.000000631. The van der Waals surface area contributed by atoms with Gasteiger partial charge in [-0.25, -0.2) is 8.42 Å². The molecule has 2 unspecified atom stereocenters. The summed E-state index contributed by atoms with van der Waals surface area (Å²) in [4.78, 5) is 3.93. The van der Waals surface area contributed by atoms with Crippen LogP contribution in [0.15, 0.2) is 120 Å². The third-order valence-corrected chi connectivity index (χ3v) is 6.13. The molecule has 0 fully saturated rings. The topological polar surface area (TPSA) is 84.9 Å². The quantitative estimate of drug-likeness (QED) is 0.186. The zero-order chi connectivity index (χ0) is 22.8. The van der Waals surface area contributed by atoms with E-state index in [0.717, 1.165) is 11.1 Å². The van der Waals surface area contributed by atoms with Crippen molar-refractivity contribution < 1.29 is 27.9 Å². The van der Waals surface area contributed by atoms with Crippen molar-refractivity contribution in [3.8, 4) is 0 Å². The molecular formula is C27H28N3O2RuS. The molecule has 0 amide bonds. The molecule has 3 aromatic carbocycles. The molecule has 4 aromatic rings. The summed E-state index contributed by atoms with van der Waals surface area (Å²) in [7, 11) is -3.87.